The van der Waals surface area contributed by atoms with Crippen molar-refractivity contribution < 1.29 is 0 Å². The minimum Gasteiger partial charge on any atom is -0.311 e. The van der Waals surface area contributed by atoms with Gasteiger partial charge in [-0.2, -0.15) is 0 Å². The van der Waals surface area contributed by atoms with Crippen LogP contribution in [0.5, 0.6) is 0 Å². The molecule has 2 aliphatic rings. The predicted molar refractivity (Wildman–Crippen MR) is 52.1 cm³/mol. The van der Waals surface area contributed by atoms with E-state index in [0.29, 0.717) is 5.54 Å². The van der Waals surface area contributed by atoms with E-state index in [-0.39, 0.29) is 0 Å². The van der Waals surface area contributed by atoms with Gasteiger partial charge in [0.05, 0.1) is 0 Å². The van der Waals surface area contributed by atoms with Crippen LogP contribution in [0.15, 0.2) is 0 Å². The van der Waals surface area contributed by atoms with E-state index in [0.717, 1.165) is 11.8 Å². The van der Waals surface area contributed by atoms with Gasteiger partial charge in [0, 0.05) is 5.54 Å². The molecular weight excluding hydrogens is 146 g/mol. The molecule has 0 aromatic carbocycles. The van der Waals surface area contributed by atoms with Crippen molar-refractivity contribution in [2.45, 2.75) is 51.5 Å². The lowest BCUT2D eigenvalue weighted by atomic mass is 9.61. The number of hydrogen-bond donors (Lipinski definition) is 1. The van der Waals surface area contributed by atoms with Crippen molar-refractivity contribution in [1.29, 1.82) is 0 Å². The summed E-state index contributed by atoms with van der Waals surface area (Å²) in [6, 6.07) is 0. The maximum absolute atomic E-state index is 3.72. The molecule has 0 unspecified atom stereocenters. The first-order valence-electron chi connectivity index (χ1n) is 5.47. The molecule has 0 bridgehead atoms. The van der Waals surface area contributed by atoms with Crippen LogP contribution in [0.2, 0.25) is 0 Å². The van der Waals surface area contributed by atoms with E-state index in [1.165, 1.54) is 38.6 Å². The molecule has 2 fully saturated rings. The lowest BCUT2D eigenvalue weighted by molar-refractivity contribution is 0.0470. The largest absolute Gasteiger partial charge is 0.311 e. The van der Waals surface area contributed by atoms with E-state index in [1.807, 2.05) is 0 Å². The smallest absolute Gasteiger partial charge is 0.0187 e. The monoisotopic (exact) mass is 167 g/mol. The highest BCUT2D eigenvalue weighted by molar-refractivity contribution is 5.02. The Morgan fingerprint density at radius 2 is 2.00 bits per heavy atom. The Morgan fingerprint density at radius 3 is 2.50 bits per heavy atom. The molecule has 0 aromatic rings. The molecule has 0 atom stereocenters. The molecule has 0 aromatic heterocycles. The van der Waals surface area contributed by atoms with Crippen molar-refractivity contribution in [2.75, 3.05) is 6.54 Å². The number of rotatable bonds is 1. The van der Waals surface area contributed by atoms with E-state index in [4.69, 9.17) is 0 Å². The van der Waals surface area contributed by atoms with Crippen molar-refractivity contribution in [3.8, 4) is 0 Å². The lowest BCUT2D eigenvalue weighted by Gasteiger charge is -2.52. The molecule has 2 rings (SSSR count). The zero-order valence-electron chi connectivity index (χ0n) is 8.40. The summed E-state index contributed by atoms with van der Waals surface area (Å²) in [5.41, 5.74) is 0.604. The van der Waals surface area contributed by atoms with E-state index in [1.54, 1.807) is 0 Å². The molecule has 12 heavy (non-hydrogen) atoms. The summed E-state index contributed by atoms with van der Waals surface area (Å²) in [5.74, 6) is 1.91. The normalized spacial score (nSPS) is 41.8. The summed E-state index contributed by atoms with van der Waals surface area (Å²) in [7, 11) is 0. The van der Waals surface area contributed by atoms with Crippen molar-refractivity contribution in [1.82, 2.24) is 5.32 Å². The maximum atomic E-state index is 3.72. The molecular formula is C11H21N. The molecule has 0 radical (unpaired) electrons. The van der Waals surface area contributed by atoms with Crippen LogP contribution in [0.3, 0.4) is 0 Å². The molecule has 1 spiro atoms. The first kappa shape index (κ1) is 8.55. The highest BCUT2D eigenvalue weighted by Gasteiger charge is 2.45. The average molecular weight is 167 g/mol. The van der Waals surface area contributed by atoms with Gasteiger partial charge in [-0.1, -0.05) is 20.3 Å². The highest BCUT2D eigenvalue weighted by Crippen LogP contribution is 2.46. The van der Waals surface area contributed by atoms with Crippen LogP contribution in [0.4, 0.5) is 0 Å². The van der Waals surface area contributed by atoms with Crippen molar-refractivity contribution >= 4 is 0 Å². The van der Waals surface area contributed by atoms with Crippen LogP contribution < -0.4 is 5.32 Å². The van der Waals surface area contributed by atoms with Gasteiger partial charge in [-0.05, 0) is 44.1 Å². The summed E-state index contributed by atoms with van der Waals surface area (Å²) in [4.78, 5) is 0. The van der Waals surface area contributed by atoms with Crippen molar-refractivity contribution in [3.63, 3.8) is 0 Å². The minimum atomic E-state index is 0.604. The van der Waals surface area contributed by atoms with Gasteiger partial charge in [0.2, 0.25) is 0 Å². The Balaban J connectivity index is 1.84. The summed E-state index contributed by atoms with van der Waals surface area (Å²) < 4.78 is 0. The molecule has 1 nitrogen and oxygen atoms in total. The summed E-state index contributed by atoms with van der Waals surface area (Å²) in [6.45, 7) is 5.99. The molecule has 1 heterocycles. The van der Waals surface area contributed by atoms with Crippen molar-refractivity contribution in [2.24, 2.45) is 11.8 Å². The fourth-order valence-electron chi connectivity index (χ4n) is 2.79. The third kappa shape index (κ3) is 1.39. The molecule has 0 amide bonds. The fourth-order valence-corrected chi connectivity index (χ4v) is 2.79. The summed E-state index contributed by atoms with van der Waals surface area (Å²) >= 11 is 0. The first-order valence-corrected chi connectivity index (χ1v) is 5.47. The van der Waals surface area contributed by atoms with Gasteiger partial charge in [-0.15, -0.1) is 0 Å². The average Bonchev–Trinajstić information content (AvgIpc) is 2.01. The Kier molecular flexibility index (Phi) is 2.16. The first-order chi connectivity index (χ1) is 5.72. The molecule has 1 aliphatic carbocycles. The molecule has 1 N–H and O–H groups in total. The second-order valence-corrected chi connectivity index (χ2v) is 5.08. The fraction of sp³-hybridized carbons (Fsp3) is 1.00. The van der Waals surface area contributed by atoms with Crippen LogP contribution in [-0.4, -0.2) is 12.1 Å². The van der Waals surface area contributed by atoms with Gasteiger partial charge in [0.25, 0.3) is 0 Å². The Labute approximate surface area is 75.9 Å². The van der Waals surface area contributed by atoms with Crippen molar-refractivity contribution in [3.05, 3.63) is 0 Å². The quantitative estimate of drug-likeness (QED) is 0.633. The third-order valence-electron chi connectivity index (χ3n) is 3.83. The van der Waals surface area contributed by atoms with Crippen LogP contribution in [0, 0.1) is 11.8 Å². The highest BCUT2D eigenvalue weighted by atomic mass is 15.0. The molecule has 70 valence electrons. The van der Waals surface area contributed by atoms with Crippen LogP contribution >= 0.6 is 0 Å². The zero-order valence-corrected chi connectivity index (χ0v) is 8.40. The Morgan fingerprint density at radius 1 is 1.25 bits per heavy atom. The van der Waals surface area contributed by atoms with Gasteiger partial charge >= 0.3 is 0 Å². The predicted octanol–water partition coefficient (Wildman–Crippen LogP) is 2.56. The summed E-state index contributed by atoms with van der Waals surface area (Å²) in [6.07, 6.45) is 7.19. The van der Waals surface area contributed by atoms with Crippen LogP contribution in [0.25, 0.3) is 0 Å². The number of nitrogens with one attached hydrogen (secondary N) is 1. The zero-order chi connectivity index (χ0) is 8.60. The second kappa shape index (κ2) is 3.02. The van der Waals surface area contributed by atoms with Gasteiger partial charge in [-0.25, -0.2) is 0 Å². The minimum absolute atomic E-state index is 0.604. The van der Waals surface area contributed by atoms with Crippen LogP contribution in [0.1, 0.15) is 46.0 Å². The van der Waals surface area contributed by atoms with Gasteiger partial charge in [-0.3, -0.25) is 0 Å². The SMILES string of the molecule is CC(C)C1CC2(CCCCN2)C1. The summed E-state index contributed by atoms with van der Waals surface area (Å²) in [5, 5.41) is 3.72. The van der Waals surface area contributed by atoms with Gasteiger partial charge in [0.1, 0.15) is 0 Å². The lowest BCUT2D eigenvalue weighted by Crippen LogP contribution is -2.58. The Bertz CT molecular complexity index is 148. The molecule has 1 heteroatoms. The van der Waals surface area contributed by atoms with E-state index in [9.17, 15) is 0 Å². The van der Waals surface area contributed by atoms with Gasteiger partial charge in [0.15, 0.2) is 0 Å². The molecule has 1 saturated carbocycles. The van der Waals surface area contributed by atoms with E-state index < -0.39 is 0 Å². The molecule has 1 aliphatic heterocycles. The number of hydrogen-bond acceptors (Lipinski definition) is 1. The Hall–Kier alpha value is -0.0400. The maximum Gasteiger partial charge on any atom is 0.0187 e. The topological polar surface area (TPSA) is 12.0 Å². The standard InChI is InChI=1S/C11H21N/c1-9(2)10-7-11(8-10)5-3-4-6-12-11/h9-10,12H,3-8H2,1-2H3. The van der Waals surface area contributed by atoms with Gasteiger partial charge < -0.3 is 5.32 Å². The van der Waals surface area contributed by atoms with Crippen LogP contribution in [-0.2, 0) is 0 Å². The van der Waals surface area contributed by atoms with E-state index in [2.05, 4.69) is 19.2 Å². The van der Waals surface area contributed by atoms with E-state index >= 15 is 0 Å². The third-order valence-corrected chi connectivity index (χ3v) is 3.83. The second-order valence-electron chi connectivity index (χ2n) is 5.08. The molecule has 1 saturated heterocycles. The number of piperidine rings is 1.